The van der Waals surface area contributed by atoms with Crippen LogP contribution in [0.15, 0.2) is 9.59 Å². The maximum atomic E-state index is 12.5. The van der Waals surface area contributed by atoms with Crippen LogP contribution in [0.1, 0.15) is 40.0 Å². The van der Waals surface area contributed by atoms with E-state index in [-0.39, 0.29) is 5.91 Å². The molecular formula is C19H30N6O3. The zero-order valence-corrected chi connectivity index (χ0v) is 17.2. The van der Waals surface area contributed by atoms with Gasteiger partial charge in [-0.05, 0) is 18.8 Å². The van der Waals surface area contributed by atoms with Crippen LogP contribution in [0.5, 0.6) is 0 Å². The maximum Gasteiger partial charge on any atom is 0.329 e. The van der Waals surface area contributed by atoms with Crippen LogP contribution in [-0.2, 0) is 18.4 Å². The van der Waals surface area contributed by atoms with Crippen LogP contribution in [0.4, 0.5) is 5.95 Å². The molecule has 0 spiro atoms. The van der Waals surface area contributed by atoms with Gasteiger partial charge in [-0.1, -0.05) is 20.8 Å². The molecule has 1 N–H and O–H groups in total. The molecule has 3 rings (SSSR count). The van der Waals surface area contributed by atoms with Crippen molar-refractivity contribution in [3.8, 4) is 0 Å². The highest BCUT2D eigenvalue weighted by atomic mass is 16.2. The molecule has 0 unspecified atom stereocenters. The quantitative estimate of drug-likeness (QED) is 0.791. The summed E-state index contributed by atoms with van der Waals surface area (Å²) >= 11 is 0. The third kappa shape index (κ3) is 3.83. The summed E-state index contributed by atoms with van der Waals surface area (Å²) < 4.78 is 3.31. The molecular weight excluding hydrogens is 360 g/mol. The topological polar surface area (TPSA) is 96.2 Å². The first-order valence-corrected chi connectivity index (χ1v) is 10.1. The van der Waals surface area contributed by atoms with Crippen molar-refractivity contribution in [3.05, 3.63) is 20.8 Å². The second-order valence-corrected chi connectivity index (χ2v) is 7.85. The Kier molecular flexibility index (Phi) is 5.90. The second kappa shape index (κ2) is 8.20. The number of hydrogen-bond donors (Lipinski definition) is 1. The van der Waals surface area contributed by atoms with E-state index in [1.807, 2.05) is 16.4 Å². The largest absolute Gasteiger partial charge is 0.339 e. The summed E-state index contributed by atoms with van der Waals surface area (Å²) in [6.07, 6.45) is 2.32. The van der Waals surface area contributed by atoms with E-state index >= 15 is 0 Å². The fourth-order valence-corrected chi connectivity index (χ4v) is 3.59. The first-order valence-electron chi connectivity index (χ1n) is 10.1. The van der Waals surface area contributed by atoms with Crippen LogP contribution >= 0.6 is 0 Å². The number of nitrogens with one attached hydrogen (secondary N) is 1. The summed E-state index contributed by atoms with van der Waals surface area (Å²) in [7, 11) is 1.62. The van der Waals surface area contributed by atoms with E-state index in [1.54, 1.807) is 7.05 Å². The number of H-pyrrole nitrogens is 1. The number of aromatic amines is 1. The Labute approximate surface area is 164 Å². The van der Waals surface area contributed by atoms with Crippen molar-refractivity contribution < 1.29 is 4.79 Å². The van der Waals surface area contributed by atoms with Gasteiger partial charge in [0.05, 0.1) is 0 Å². The lowest BCUT2D eigenvalue weighted by Gasteiger charge is -2.35. The van der Waals surface area contributed by atoms with Gasteiger partial charge in [0.15, 0.2) is 11.2 Å². The Morgan fingerprint density at radius 3 is 2.46 bits per heavy atom. The van der Waals surface area contributed by atoms with Crippen molar-refractivity contribution in [2.24, 2.45) is 13.0 Å². The summed E-state index contributed by atoms with van der Waals surface area (Å²) in [5.41, 5.74) is -0.0378. The number of imidazole rings is 1. The van der Waals surface area contributed by atoms with Gasteiger partial charge in [-0.2, -0.15) is 4.98 Å². The number of amides is 1. The summed E-state index contributed by atoms with van der Waals surface area (Å²) in [6.45, 7) is 9.53. The smallest absolute Gasteiger partial charge is 0.329 e. The maximum absolute atomic E-state index is 12.5. The predicted octanol–water partition coefficient (Wildman–Crippen LogP) is 0.918. The number of anilines is 1. The second-order valence-electron chi connectivity index (χ2n) is 7.85. The number of aromatic nitrogens is 4. The van der Waals surface area contributed by atoms with Gasteiger partial charge in [-0.15, -0.1) is 0 Å². The molecule has 0 saturated carbocycles. The molecule has 1 fully saturated rings. The molecule has 1 aliphatic rings. The molecule has 0 bridgehead atoms. The molecule has 3 heterocycles. The summed E-state index contributed by atoms with van der Waals surface area (Å²) in [5, 5.41) is 0. The van der Waals surface area contributed by atoms with Crippen molar-refractivity contribution in [1.82, 2.24) is 24.0 Å². The lowest BCUT2D eigenvalue weighted by molar-refractivity contribution is -0.131. The fraction of sp³-hybridized carbons (Fsp3) is 0.684. The van der Waals surface area contributed by atoms with Crippen LogP contribution < -0.4 is 16.1 Å². The molecule has 0 aliphatic carbocycles. The molecule has 1 amide bonds. The molecule has 0 aromatic carbocycles. The molecule has 2 aromatic rings. The zero-order valence-electron chi connectivity index (χ0n) is 17.2. The van der Waals surface area contributed by atoms with Crippen molar-refractivity contribution in [3.63, 3.8) is 0 Å². The highest BCUT2D eigenvalue weighted by Gasteiger charge is 2.26. The molecule has 0 radical (unpaired) electrons. The first-order chi connectivity index (χ1) is 13.3. The SMILES string of the molecule is CCCC(=O)N1CCN(c2nc3c(c(=O)[nH]c(=O)n3C)n2CCC(C)C)CC1. The third-order valence-corrected chi connectivity index (χ3v) is 5.30. The van der Waals surface area contributed by atoms with Gasteiger partial charge >= 0.3 is 5.69 Å². The van der Waals surface area contributed by atoms with Crippen molar-refractivity contribution in [2.45, 2.75) is 46.6 Å². The number of fused-ring (bicyclic) bond motifs is 1. The number of carbonyl (C=O) groups is 1. The average molecular weight is 390 g/mol. The molecule has 28 heavy (non-hydrogen) atoms. The highest BCUT2D eigenvalue weighted by molar-refractivity contribution is 5.77. The normalized spacial score (nSPS) is 15.0. The standard InChI is InChI=1S/C19H30N6O3/c1-5-6-14(26)23-9-11-24(12-10-23)18-20-16-15(25(18)8-7-13(2)3)17(27)21-19(28)22(16)4/h13H,5-12H2,1-4H3,(H,21,27,28). The minimum Gasteiger partial charge on any atom is -0.339 e. The van der Waals surface area contributed by atoms with E-state index in [9.17, 15) is 14.4 Å². The van der Waals surface area contributed by atoms with Gasteiger partial charge in [0.2, 0.25) is 11.9 Å². The summed E-state index contributed by atoms with van der Waals surface area (Å²) in [4.78, 5) is 47.7. The van der Waals surface area contributed by atoms with E-state index in [2.05, 4.69) is 28.7 Å². The van der Waals surface area contributed by atoms with Crippen LogP contribution in [0, 0.1) is 5.92 Å². The molecule has 1 aliphatic heterocycles. The number of hydrogen-bond acceptors (Lipinski definition) is 5. The van der Waals surface area contributed by atoms with Crippen molar-refractivity contribution in [2.75, 3.05) is 31.1 Å². The van der Waals surface area contributed by atoms with E-state index < -0.39 is 11.2 Å². The van der Waals surface area contributed by atoms with E-state index in [0.29, 0.717) is 62.2 Å². The van der Waals surface area contributed by atoms with Gasteiger partial charge in [0, 0.05) is 46.2 Å². The third-order valence-electron chi connectivity index (χ3n) is 5.30. The van der Waals surface area contributed by atoms with E-state index in [4.69, 9.17) is 0 Å². The number of nitrogens with zero attached hydrogens (tertiary/aromatic N) is 5. The summed E-state index contributed by atoms with van der Waals surface area (Å²) in [6, 6.07) is 0. The van der Waals surface area contributed by atoms with Gasteiger partial charge in [-0.25, -0.2) is 4.79 Å². The van der Waals surface area contributed by atoms with Crippen molar-refractivity contribution >= 4 is 23.0 Å². The highest BCUT2D eigenvalue weighted by Crippen LogP contribution is 2.22. The zero-order chi connectivity index (χ0) is 20.4. The van der Waals surface area contributed by atoms with Gasteiger partial charge in [-0.3, -0.25) is 19.1 Å². The van der Waals surface area contributed by atoms with Crippen LogP contribution in [0.3, 0.4) is 0 Å². The van der Waals surface area contributed by atoms with E-state index in [1.165, 1.54) is 4.57 Å². The Morgan fingerprint density at radius 2 is 1.86 bits per heavy atom. The number of aryl methyl sites for hydroxylation is 2. The monoisotopic (exact) mass is 390 g/mol. The molecule has 154 valence electrons. The van der Waals surface area contributed by atoms with Gasteiger partial charge in [0.1, 0.15) is 0 Å². The number of rotatable bonds is 6. The van der Waals surface area contributed by atoms with Crippen molar-refractivity contribution in [1.29, 1.82) is 0 Å². The van der Waals surface area contributed by atoms with Gasteiger partial charge in [0.25, 0.3) is 5.56 Å². The number of carbonyl (C=O) groups excluding carboxylic acids is 1. The molecule has 2 aromatic heterocycles. The molecule has 9 nitrogen and oxygen atoms in total. The van der Waals surface area contributed by atoms with Crippen LogP contribution in [-0.4, -0.2) is 56.1 Å². The Bertz CT molecular complexity index is 962. The van der Waals surface area contributed by atoms with Gasteiger partial charge < -0.3 is 14.4 Å². The lowest BCUT2D eigenvalue weighted by Crippen LogP contribution is -2.49. The Morgan fingerprint density at radius 1 is 1.18 bits per heavy atom. The Hall–Kier alpha value is -2.58. The molecule has 0 atom stereocenters. The fourth-order valence-electron chi connectivity index (χ4n) is 3.59. The van der Waals surface area contributed by atoms with Crippen LogP contribution in [0.2, 0.25) is 0 Å². The molecule has 9 heteroatoms. The first kappa shape index (κ1) is 20.2. The average Bonchev–Trinajstić information content (AvgIpc) is 3.05. The molecule has 1 saturated heterocycles. The predicted molar refractivity (Wildman–Crippen MR) is 109 cm³/mol. The number of piperazine rings is 1. The minimum atomic E-state index is -0.465. The lowest BCUT2D eigenvalue weighted by atomic mass is 10.1. The van der Waals surface area contributed by atoms with Crippen LogP contribution in [0.25, 0.3) is 11.2 Å². The Balaban J connectivity index is 1.96. The minimum absolute atomic E-state index is 0.189. The van der Waals surface area contributed by atoms with E-state index in [0.717, 1.165) is 12.8 Å². The summed E-state index contributed by atoms with van der Waals surface area (Å²) in [5.74, 6) is 1.36.